The molecular weight excluding hydrogens is 524 g/mol. The van der Waals surface area contributed by atoms with Crippen LogP contribution in [0.5, 0.6) is 0 Å². The van der Waals surface area contributed by atoms with Crippen molar-refractivity contribution in [2.24, 2.45) is 50.2 Å². The van der Waals surface area contributed by atoms with Crippen molar-refractivity contribution in [3.63, 3.8) is 0 Å². The highest BCUT2D eigenvalue weighted by Gasteiger charge is 2.77. The highest BCUT2D eigenvalue weighted by Crippen LogP contribution is 2.76. The van der Waals surface area contributed by atoms with Gasteiger partial charge in [0.25, 0.3) is 0 Å². The fourth-order valence-corrected chi connectivity index (χ4v) is 11.6. The van der Waals surface area contributed by atoms with Gasteiger partial charge in [-0.2, -0.15) is 0 Å². The Labute approximate surface area is 251 Å². The van der Waals surface area contributed by atoms with Crippen molar-refractivity contribution < 1.29 is 24.2 Å². The molecule has 1 aromatic carbocycles. The molecular formula is C37H50O5. The van der Waals surface area contributed by atoms with E-state index in [2.05, 4.69) is 54.5 Å². The van der Waals surface area contributed by atoms with Gasteiger partial charge < -0.3 is 14.6 Å². The standard InChI is InChI=1S/C37H50O5/c1-32(2)26-13-14-36(6)28(37(26,7)30-27(42-30)29(32)39)25(38)19-23-24-20-34(4,16-15-33(24,3)17-18-35(23,36)5)31(40)41-21-22-11-9-8-10-12-22/h8-12,19,24,26-30,39H,13-18,20-21H2,1-7H3/t24?,26?,27-,28?,29-,30-,33+,34-,35+,36+,37-/m0/s1. The molecule has 7 rings (SSSR count). The molecule has 1 aromatic rings. The second-order valence-electron chi connectivity index (χ2n) is 17.0. The number of epoxide rings is 1. The zero-order chi connectivity index (χ0) is 30.1. The summed E-state index contributed by atoms with van der Waals surface area (Å²) in [7, 11) is 0. The van der Waals surface area contributed by atoms with Crippen LogP contribution >= 0.6 is 0 Å². The van der Waals surface area contributed by atoms with Gasteiger partial charge >= 0.3 is 5.97 Å². The summed E-state index contributed by atoms with van der Waals surface area (Å²) in [5.41, 5.74) is 0.896. The maximum atomic E-state index is 14.6. The number of esters is 1. The lowest BCUT2D eigenvalue weighted by atomic mass is 9.33. The zero-order valence-electron chi connectivity index (χ0n) is 26.7. The van der Waals surface area contributed by atoms with Crippen LogP contribution in [0.25, 0.3) is 0 Å². The number of rotatable bonds is 3. The molecule has 1 N–H and O–H groups in total. The Balaban J connectivity index is 1.23. The largest absolute Gasteiger partial charge is 0.460 e. The van der Waals surface area contributed by atoms with Gasteiger partial charge in [0.1, 0.15) is 12.7 Å². The van der Waals surface area contributed by atoms with Gasteiger partial charge in [0, 0.05) is 11.3 Å². The molecule has 5 aliphatic carbocycles. The van der Waals surface area contributed by atoms with Gasteiger partial charge in [-0.25, -0.2) is 0 Å². The summed E-state index contributed by atoms with van der Waals surface area (Å²) in [6.07, 6.45) is 8.05. The van der Waals surface area contributed by atoms with Crippen LogP contribution in [-0.2, 0) is 25.7 Å². The Hall–Kier alpha value is -1.98. The summed E-state index contributed by atoms with van der Waals surface area (Å²) in [5, 5.41) is 11.2. The van der Waals surface area contributed by atoms with Crippen molar-refractivity contribution in [1.82, 2.24) is 0 Å². The quantitative estimate of drug-likeness (QED) is 0.309. The predicted molar refractivity (Wildman–Crippen MR) is 161 cm³/mol. The van der Waals surface area contributed by atoms with E-state index >= 15 is 0 Å². The lowest BCUT2D eigenvalue weighted by molar-refractivity contribution is -0.195. The number of benzene rings is 1. The fraction of sp³-hybridized carbons (Fsp3) is 0.730. The van der Waals surface area contributed by atoms with Gasteiger partial charge in [0.15, 0.2) is 5.78 Å². The second-order valence-corrected chi connectivity index (χ2v) is 17.0. The molecule has 228 valence electrons. The third-order valence-electron chi connectivity index (χ3n) is 14.6. The first-order chi connectivity index (χ1) is 19.6. The van der Waals surface area contributed by atoms with Crippen LogP contribution in [0.1, 0.15) is 99.0 Å². The van der Waals surface area contributed by atoms with E-state index in [1.165, 1.54) is 5.57 Å². The van der Waals surface area contributed by atoms with Gasteiger partial charge in [0.2, 0.25) is 0 Å². The van der Waals surface area contributed by atoms with Crippen LogP contribution in [0.4, 0.5) is 0 Å². The third kappa shape index (κ3) is 3.56. The van der Waals surface area contributed by atoms with E-state index in [1.807, 2.05) is 30.3 Å². The van der Waals surface area contributed by atoms with E-state index in [0.717, 1.165) is 50.5 Å². The van der Waals surface area contributed by atoms with Gasteiger partial charge in [0.05, 0.1) is 17.6 Å². The minimum absolute atomic E-state index is 0.0520. The number of ketones is 1. The van der Waals surface area contributed by atoms with Gasteiger partial charge in [-0.1, -0.05) is 77.4 Å². The average molecular weight is 575 g/mol. The second kappa shape index (κ2) is 8.81. The highest BCUT2D eigenvalue weighted by atomic mass is 16.6. The SMILES string of the molecule is CC1(C)C2CC[C@]3(C)C(C(=O)C=C4C5C[C@@](C)(C(=O)OCc6ccccc6)CC[C@]5(C)CC[C@]43C)[C@@]2(C)[C@H]2O[C@H]2[C@@H]1O. The number of carbonyl (C=O) groups excluding carboxylic acids is 2. The molecule has 0 aromatic heterocycles. The van der Waals surface area contributed by atoms with Crippen molar-refractivity contribution in [3.8, 4) is 0 Å². The molecule has 0 bridgehead atoms. The smallest absolute Gasteiger partial charge is 0.312 e. The Bertz CT molecular complexity index is 1350. The highest BCUT2D eigenvalue weighted by molar-refractivity contribution is 5.96. The maximum absolute atomic E-state index is 14.6. The molecule has 0 spiro atoms. The summed E-state index contributed by atoms with van der Waals surface area (Å²) in [4.78, 5) is 28.2. The molecule has 5 fully saturated rings. The van der Waals surface area contributed by atoms with Crippen molar-refractivity contribution in [1.29, 1.82) is 0 Å². The van der Waals surface area contributed by atoms with Crippen LogP contribution in [0.3, 0.4) is 0 Å². The van der Waals surface area contributed by atoms with E-state index < -0.39 is 11.5 Å². The Morgan fingerprint density at radius 3 is 2.38 bits per heavy atom. The molecule has 0 radical (unpaired) electrons. The van der Waals surface area contributed by atoms with E-state index in [1.54, 1.807) is 0 Å². The van der Waals surface area contributed by atoms with Crippen LogP contribution in [0.2, 0.25) is 0 Å². The van der Waals surface area contributed by atoms with Crippen molar-refractivity contribution in [2.75, 3.05) is 0 Å². The van der Waals surface area contributed by atoms with E-state index in [9.17, 15) is 14.7 Å². The van der Waals surface area contributed by atoms with Crippen LogP contribution in [0.15, 0.2) is 42.0 Å². The number of allylic oxidation sites excluding steroid dienone is 2. The summed E-state index contributed by atoms with van der Waals surface area (Å²) in [6, 6.07) is 9.90. The van der Waals surface area contributed by atoms with Gasteiger partial charge in [-0.05, 0) is 97.0 Å². The predicted octanol–water partition coefficient (Wildman–Crippen LogP) is 7.06. The average Bonchev–Trinajstić information content (AvgIpc) is 3.75. The molecule has 1 aliphatic heterocycles. The van der Waals surface area contributed by atoms with Crippen molar-refractivity contribution in [2.45, 2.75) is 118 Å². The first-order valence-electron chi connectivity index (χ1n) is 16.4. The topological polar surface area (TPSA) is 76.1 Å². The Morgan fingerprint density at radius 2 is 1.67 bits per heavy atom. The number of carbonyl (C=O) groups is 2. The molecule has 4 saturated carbocycles. The number of hydrogen-bond acceptors (Lipinski definition) is 5. The Morgan fingerprint density at radius 1 is 0.976 bits per heavy atom. The molecule has 3 unspecified atom stereocenters. The minimum atomic E-state index is -0.568. The first kappa shape index (κ1) is 28.8. The van der Waals surface area contributed by atoms with Crippen LogP contribution in [0, 0.1) is 50.2 Å². The third-order valence-corrected chi connectivity index (χ3v) is 14.6. The normalized spacial score (nSPS) is 50.2. The molecule has 5 heteroatoms. The lowest BCUT2D eigenvalue weighted by Gasteiger charge is -2.69. The summed E-state index contributed by atoms with van der Waals surface area (Å²) in [6.45, 7) is 16.3. The number of aliphatic hydroxyl groups is 1. The zero-order valence-corrected chi connectivity index (χ0v) is 26.7. The number of hydrogen-bond donors (Lipinski definition) is 1. The van der Waals surface area contributed by atoms with E-state index in [0.29, 0.717) is 6.61 Å². The number of fused-ring (bicyclic) bond motifs is 9. The molecule has 11 atom stereocenters. The fourth-order valence-electron chi connectivity index (χ4n) is 11.6. The Kier molecular flexibility index (Phi) is 6.03. The monoisotopic (exact) mass is 574 g/mol. The van der Waals surface area contributed by atoms with Crippen molar-refractivity contribution in [3.05, 3.63) is 47.5 Å². The maximum Gasteiger partial charge on any atom is 0.312 e. The number of aliphatic hydroxyl groups excluding tert-OH is 1. The van der Waals surface area contributed by atoms with E-state index in [-0.39, 0.29) is 68.8 Å². The number of ether oxygens (including phenoxy) is 2. The summed E-state index contributed by atoms with van der Waals surface area (Å²) in [5.74, 6) is 0.424. The minimum Gasteiger partial charge on any atom is -0.460 e. The molecule has 6 aliphatic rings. The summed E-state index contributed by atoms with van der Waals surface area (Å²) >= 11 is 0. The molecule has 1 heterocycles. The van der Waals surface area contributed by atoms with Crippen LogP contribution in [-0.4, -0.2) is 35.2 Å². The van der Waals surface area contributed by atoms with E-state index in [4.69, 9.17) is 9.47 Å². The molecule has 0 amide bonds. The van der Waals surface area contributed by atoms with Gasteiger partial charge in [-0.15, -0.1) is 0 Å². The lowest BCUT2D eigenvalue weighted by Crippen LogP contribution is -2.68. The molecule has 1 saturated heterocycles. The summed E-state index contributed by atoms with van der Waals surface area (Å²) < 4.78 is 12.2. The molecule has 42 heavy (non-hydrogen) atoms. The van der Waals surface area contributed by atoms with Gasteiger partial charge in [-0.3, -0.25) is 9.59 Å². The van der Waals surface area contributed by atoms with Crippen molar-refractivity contribution >= 4 is 11.8 Å². The molecule has 5 nitrogen and oxygen atoms in total. The first-order valence-corrected chi connectivity index (χ1v) is 16.4. The van der Waals surface area contributed by atoms with Crippen LogP contribution < -0.4 is 0 Å².